The second-order valence-corrected chi connectivity index (χ2v) is 7.87. The number of imidazole rings is 1. The maximum absolute atomic E-state index is 12.3. The van der Waals surface area contributed by atoms with Gasteiger partial charge in [-0.15, -0.1) is 10.2 Å². The zero-order valence-electron chi connectivity index (χ0n) is 13.7. The predicted octanol–water partition coefficient (Wildman–Crippen LogP) is 1.54. The van der Waals surface area contributed by atoms with Crippen molar-refractivity contribution in [2.45, 2.75) is 30.3 Å². The van der Waals surface area contributed by atoms with E-state index in [0.717, 1.165) is 25.2 Å². The van der Waals surface area contributed by atoms with E-state index in [9.17, 15) is 8.42 Å². The molecule has 0 radical (unpaired) electrons. The monoisotopic (exact) mass is 358 g/mol. The Kier molecular flexibility index (Phi) is 3.79. The van der Waals surface area contributed by atoms with Crippen LogP contribution in [0.25, 0.3) is 0 Å². The van der Waals surface area contributed by atoms with Crippen molar-refractivity contribution >= 4 is 15.7 Å². The van der Waals surface area contributed by atoms with Gasteiger partial charge >= 0.3 is 0 Å². The molecule has 0 fully saturated rings. The summed E-state index contributed by atoms with van der Waals surface area (Å²) < 4.78 is 30.8. The summed E-state index contributed by atoms with van der Waals surface area (Å²) in [5, 5.41) is 8.05. The molecule has 8 nitrogen and oxygen atoms in total. The van der Waals surface area contributed by atoms with Crippen LogP contribution in [0, 0.1) is 0 Å². The lowest BCUT2D eigenvalue weighted by Crippen LogP contribution is -2.18. The zero-order chi connectivity index (χ0) is 17.4. The van der Waals surface area contributed by atoms with Gasteiger partial charge in [0.2, 0.25) is 0 Å². The Balaban J connectivity index is 1.49. The van der Waals surface area contributed by atoms with E-state index < -0.39 is 10.0 Å². The number of fused-ring (bicyclic) bond motifs is 1. The molecule has 1 aromatic carbocycles. The number of nitrogens with one attached hydrogen (secondary N) is 1. The smallest absolute Gasteiger partial charge is 0.280 e. The summed E-state index contributed by atoms with van der Waals surface area (Å²) in [4.78, 5) is 3.89. The second-order valence-electron chi connectivity index (χ2n) is 6.24. The third-order valence-corrected chi connectivity index (χ3v) is 5.69. The van der Waals surface area contributed by atoms with Crippen molar-refractivity contribution in [3.63, 3.8) is 0 Å². The van der Waals surface area contributed by atoms with E-state index in [2.05, 4.69) is 24.5 Å². The van der Waals surface area contributed by atoms with Crippen LogP contribution in [0.5, 0.6) is 0 Å². The van der Waals surface area contributed by atoms with Crippen LogP contribution in [0.15, 0.2) is 48.1 Å². The highest BCUT2D eigenvalue weighted by atomic mass is 32.2. The van der Waals surface area contributed by atoms with Crippen LogP contribution in [-0.2, 0) is 30.0 Å². The highest BCUT2D eigenvalue weighted by Crippen LogP contribution is 2.29. The summed E-state index contributed by atoms with van der Waals surface area (Å²) in [7, 11) is -1.94. The SMILES string of the molecule is Cn1cnc(S(=O)(=O)Nc2ccc(C3CCc4nncn4C3)cc2)c1. The van der Waals surface area contributed by atoms with E-state index in [1.165, 1.54) is 18.1 Å². The van der Waals surface area contributed by atoms with E-state index in [-0.39, 0.29) is 5.03 Å². The molecule has 130 valence electrons. The van der Waals surface area contributed by atoms with Crippen molar-refractivity contribution in [2.75, 3.05) is 4.72 Å². The Morgan fingerprint density at radius 3 is 2.72 bits per heavy atom. The lowest BCUT2D eigenvalue weighted by atomic mass is 9.91. The normalized spacial score (nSPS) is 17.2. The minimum atomic E-state index is -3.67. The molecule has 1 atom stereocenters. The number of benzene rings is 1. The lowest BCUT2D eigenvalue weighted by Gasteiger charge is -2.23. The summed E-state index contributed by atoms with van der Waals surface area (Å²) in [5.41, 5.74) is 1.70. The number of hydrogen-bond acceptors (Lipinski definition) is 5. The molecule has 1 aliphatic heterocycles. The molecule has 3 aromatic rings. The zero-order valence-corrected chi connectivity index (χ0v) is 14.5. The predicted molar refractivity (Wildman–Crippen MR) is 91.5 cm³/mol. The van der Waals surface area contributed by atoms with E-state index in [1.807, 2.05) is 12.1 Å². The second kappa shape index (κ2) is 5.99. The first kappa shape index (κ1) is 15.8. The van der Waals surface area contributed by atoms with Gasteiger partial charge < -0.3 is 9.13 Å². The van der Waals surface area contributed by atoms with Crippen molar-refractivity contribution in [1.29, 1.82) is 0 Å². The lowest BCUT2D eigenvalue weighted by molar-refractivity contribution is 0.456. The van der Waals surface area contributed by atoms with Crippen LogP contribution in [-0.4, -0.2) is 32.7 Å². The third-order valence-electron chi connectivity index (χ3n) is 4.42. The number of sulfonamides is 1. The van der Waals surface area contributed by atoms with Crippen molar-refractivity contribution in [3.8, 4) is 0 Å². The molecule has 4 rings (SSSR count). The quantitative estimate of drug-likeness (QED) is 0.763. The fourth-order valence-corrected chi connectivity index (χ4v) is 4.13. The molecule has 25 heavy (non-hydrogen) atoms. The van der Waals surface area contributed by atoms with Crippen LogP contribution < -0.4 is 4.72 Å². The van der Waals surface area contributed by atoms with Crippen LogP contribution in [0.1, 0.15) is 23.7 Å². The minimum absolute atomic E-state index is 0.00601. The van der Waals surface area contributed by atoms with Crippen molar-refractivity contribution in [1.82, 2.24) is 24.3 Å². The van der Waals surface area contributed by atoms with Crippen LogP contribution in [0.4, 0.5) is 5.69 Å². The van der Waals surface area contributed by atoms with Crippen LogP contribution >= 0.6 is 0 Å². The van der Waals surface area contributed by atoms with Gasteiger partial charge in [-0.1, -0.05) is 12.1 Å². The summed E-state index contributed by atoms with van der Waals surface area (Å²) >= 11 is 0. The molecule has 1 unspecified atom stereocenters. The van der Waals surface area contributed by atoms with Gasteiger partial charge in [0.05, 0.1) is 6.33 Å². The van der Waals surface area contributed by atoms with Gasteiger partial charge in [0.1, 0.15) is 12.2 Å². The van der Waals surface area contributed by atoms with Gasteiger partial charge in [0.15, 0.2) is 5.03 Å². The molecule has 1 N–H and O–H groups in total. The molecule has 0 aliphatic carbocycles. The van der Waals surface area contributed by atoms with Gasteiger partial charge in [-0.05, 0) is 24.1 Å². The Morgan fingerprint density at radius 1 is 1.20 bits per heavy atom. The maximum atomic E-state index is 12.3. The number of anilines is 1. The first-order valence-corrected chi connectivity index (χ1v) is 9.47. The first-order chi connectivity index (χ1) is 12.0. The molecule has 0 saturated heterocycles. The van der Waals surface area contributed by atoms with Gasteiger partial charge in [-0.3, -0.25) is 4.72 Å². The van der Waals surface area contributed by atoms with E-state index in [1.54, 1.807) is 30.1 Å². The molecule has 0 spiro atoms. The molecular formula is C16H18N6O2S. The molecule has 1 aliphatic rings. The molecule has 0 saturated carbocycles. The van der Waals surface area contributed by atoms with Gasteiger partial charge in [-0.25, -0.2) is 4.98 Å². The molecule has 3 heterocycles. The third kappa shape index (κ3) is 3.14. The van der Waals surface area contributed by atoms with Gasteiger partial charge in [0, 0.05) is 37.8 Å². The molecule has 0 bridgehead atoms. The fourth-order valence-electron chi connectivity index (χ4n) is 3.09. The Hall–Kier alpha value is -2.68. The van der Waals surface area contributed by atoms with Crippen LogP contribution in [0.3, 0.4) is 0 Å². The summed E-state index contributed by atoms with van der Waals surface area (Å²) in [6.45, 7) is 0.849. The molecular weight excluding hydrogens is 340 g/mol. The fraction of sp³-hybridized carbons (Fsp3) is 0.312. The molecule has 2 aromatic heterocycles. The molecule has 0 amide bonds. The van der Waals surface area contributed by atoms with Gasteiger partial charge in [-0.2, -0.15) is 8.42 Å². The number of aromatic nitrogens is 5. The topological polar surface area (TPSA) is 94.7 Å². The summed E-state index contributed by atoms with van der Waals surface area (Å²) in [5.74, 6) is 1.40. The van der Waals surface area contributed by atoms with Crippen LogP contribution in [0.2, 0.25) is 0 Å². The van der Waals surface area contributed by atoms with Crippen molar-refractivity contribution < 1.29 is 8.42 Å². The van der Waals surface area contributed by atoms with Crippen molar-refractivity contribution in [2.24, 2.45) is 7.05 Å². The van der Waals surface area contributed by atoms with E-state index in [4.69, 9.17) is 0 Å². The number of rotatable bonds is 4. The minimum Gasteiger partial charge on any atom is -0.339 e. The first-order valence-electron chi connectivity index (χ1n) is 7.99. The largest absolute Gasteiger partial charge is 0.339 e. The number of hydrogen-bond donors (Lipinski definition) is 1. The average Bonchev–Trinajstić information content (AvgIpc) is 3.23. The standard InChI is InChI=1S/C16H18N6O2S/c1-21-9-16(17-10-21)25(23,24)20-14-5-2-12(3-6-14)13-4-7-15-19-18-11-22(15)8-13/h2-3,5-6,9-11,13,20H,4,7-8H2,1H3. The van der Waals surface area contributed by atoms with Gasteiger partial charge in [0.25, 0.3) is 10.0 Å². The average molecular weight is 358 g/mol. The van der Waals surface area contributed by atoms with E-state index >= 15 is 0 Å². The maximum Gasteiger partial charge on any atom is 0.280 e. The Morgan fingerprint density at radius 2 is 2.00 bits per heavy atom. The summed E-state index contributed by atoms with van der Waals surface area (Å²) in [6.07, 6.45) is 6.60. The highest BCUT2D eigenvalue weighted by molar-refractivity contribution is 7.92. The Labute approximate surface area is 145 Å². The number of nitrogens with zero attached hydrogens (tertiary/aromatic N) is 5. The number of aryl methyl sites for hydroxylation is 2. The van der Waals surface area contributed by atoms with Crippen molar-refractivity contribution in [3.05, 3.63) is 54.5 Å². The molecule has 9 heteroatoms. The van der Waals surface area contributed by atoms with E-state index in [0.29, 0.717) is 11.6 Å². The Bertz CT molecular complexity index is 990. The summed E-state index contributed by atoms with van der Waals surface area (Å²) in [6, 6.07) is 7.52. The highest BCUT2D eigenvalue weighted by Gasteiger charge is 2.21.